The molecule has 0 atom stereocenters. The molecule has 0 saturated carbocycles. The van der Waals surface area contributed by atoms with Crippen molar-refractivity contribution in [1.29, 1.82) is 0 Å². The number of sulfonamides is 1. The molecule has 3 aromatic carbocycles. The Labute approximate surface area is 199 Å². The van der Waals surface area contributed by atoms with E-state index in [9.17, 15) is 18.0 Å². The number of fused-ring (bicyclic) bond motifs is 1. The summed E-state index contributed by atoms with van der Waals surface area (Å²) >= 11 is 0. The number of imide groups is 1. The van der Waals surface area contributed by atoms with E-state index in [-0.39, 0.29) is 5.91 Å². The Bertz CT molecular complexity index is 1380. The third-order valence-corrected chi connectivity index (χ3v) is 7.25. The lowest BCUT2D eigenvalue weighted by molar-refractivity contribution is -0.122. The Morgan fingerprint density at radius 2 is 1.44 bits per heavy atom. The fourth-order valence-electron chi connectivity index (χ4n) is 3.70. The van der Waals surface area contributed by atoms with Gasteiger partial charge in [-0.1, -0.05) is 48.5 Å². The number of nitrogens with zero attached hydrogens (tertiary/aromatic N) is 1. The van der Waals surface area contributed by atoms with E-state index in [1.165, 1.54) is 11.8 Å². The number of rotatable bonds is 6. The molecule has 3 aromatic rings. The van der Waals surface area contributed by atoms with Crippen molar-refractivity contribution in [2.75, 3.05) is 14.9 Å². The molecule has 34 heavy (non-hydrogen) atoms. The molecule has 0 radical (unpaired) electrons. The summed E-state index contributed by atoms with van der Waals surface area (Å²) in [5.74, 6) is -0.761. The maximum absolute atomic E-state index is 13.4. The molecule has 1 aliphatic heterocycles. The van der Waals surface area contributed by atoms with Gasteiger partial charge in [-0.2, -0.15) is 0 Å². The van der Waals surface area contributed by atoms with Gasteiger partial charge >= 0.3 is 0 Å². The third-order valence-electron chi connectivity index (χ3n) is 5.49. The highest BCUT2D eigenvalue weighted by molar-refractivity contribution is 7.93. The first kappa shape index (κ1) is 23.3. The van der Waals surface area contributed by atoms with Gasteiger partial charge < -0.3 is 5.32 Å². The Hall–Kier alpha value is -3.91. The minimum atomic E-state index is -3.46. The van der Waals surface area contributed by atoms with Crippen molar-refractivity contribution in [2.45, 2.75) is 26.0 Å². The highest BCUT2D eigenvalue weighted by Gasteiger charge is 2.37. The largest absolute Gasteiger partial charge is 0.354 e. The van der Waals surface area contributed by atoms with Crippen LogP contribution in [0.15, 0.2) is 78.9 Å². The predicted octanol–water partition coefficient (Wildman–Crippen LogP) is 4.71. The van der Waals surface area contributed by atoms with Gasteiger partial charge in [-0.05, 0) is 49.7 Å². The summed E-state index contributed by atoms with van der Waals surface area (Å²) in [5, 5.41) is 2.77. The second-order valence-electron chi connectivity index (χ2n) is 8.19. The molecule has 0 unspecified atom stereocenters. The van der Waals surface area contributed by atoms with Crippen LogP contribution in [-0.4, -0.2) is 25.5 Å². The van der Waals surface area contributed by atoms with Crippen LogP contribution >= 0.6 is 0 Å². The lowest BCUT2D eigenvalue weighted by Gasteiger charge is -2.16. The number of carbonyl (C=O) groups is 2. The highest BCUT2D eigenvalue weighted by atomic mass is 32.2. The molecule has 0 saturated heterocycles. The quantitative estimate of drug-likeness (QED) is 0.504. The SMILES string of the molecule is CC(=O)N1C(=O)C(=C(Nc2ccc(NS(=O)(=O)C(C)C)cc2)c2ccccc2)c2ccccc21. The third kappa shape index (κ3) is 4.45. The number of carbonyl (C=O) groups excluding carboxylic acids is 2. The van der Waals surface area contributed by atoms with Crippen LogP contribution in [0.3, 0.4) is 0 Å². The van der Waals surface area contributed by atoms with Crippen molar-refractivity contribution in [2.24, 2.45) is 0 Å². The maximum atomic E-state index is 13.4. The Kier molecular flexibility index (Phi) is 6.26. The molecule has 1 heterocycles. The zero-order valence-corrected chi connectivity index (χ0v) is 19.9. The van der Waals surface area contributed by atoms with E-state index in [0.717, 1.165) is 5.56 Å². The van der Waals surface area contributed by atoms with Gasteiger partial charge in [-0.25, -0.2) is 13.3 Å². The van der Waals surface area contributed by atoms with Gasteiger partial charge in [0.2, 0.25) is 15.9 Å². The average Bonchev–Trinajstić information content (AvgIpc) is 3.10. The summed E-state index contributed by atoms with van der Waals surface area (Å²) in [6, 6.07) is 23.3. The fourth-order valence-corrected chi connectivity index (χ4v) is 4.40. The second kappa shape index (κ2) is 9.15. The fraction of sp³-hybridized carbons (Fsp3) is 0.154. The minimum absolute atomic E-state index is 0.360. The molecular weight excluding hydrogens is 450 g/mol. The highest BCUT2D eigenvalue weighted by Crippen LogP contribution is 2.41. The number of benzene rings is 3. The molecule has 174 valence electrons. The molecule has 0 aliphatic carbocycles. The predicted molar refractivity (Wildman–Crippen MR) is 136 cm³/mol. The van der Waals surface area contributed by atoms with Crippen molar-refractivity contribution < 1.29 is 18.0 Å². The standard InChI is InChI=1S/C26H25N3O4S/c1-17(2)34(32,33)28-21-15-13-20(14-16-21)27-25(19-9-5-4-6-10-19)24-22-11-7-8-12-23(22)29(18(3)30)26(24)31/h4-17,27-28H,1-3H3. The molecule has 1 aliphatic rings. The second-order valence-corrected chi connectivity index (χ2v) is 10.4. The van der Waals surface area contributed by atoms with Crippen LogP contribution < -0.4 is 14.9 Å². The van der Waals surface area contributed by atoms with E-state index in [2.05, 4.69) is 10.0 Å². The molecule has 7 nitrogen and oxygen atoms in total. The molecule has 0 fully saturated rings. The summed E-state index contributed by atoms with van der Waals surface area (Å²) in [6.07, 6.45) is 0. The molecule has 8 heteroatoms. The summed E-state index contributed by atoms with van der Waals surface area (Å²) in [4.78, 5) is 26.9. The zero-order valence-electron chi connectivity index (χ0n) is 19.1. The van der Waals surface area contributed by atoms with E-state index in [0.29, 0.717) is 33.9 Å². The van der Waals surface area contributed by atoms with E-state index in [1.807, 2.05) is 42.5 Å². The lowest BCUT2D eigenvalue weighted by atomic mass is 10.00. The number of para-hydroxylation sites is 1. The monoisotopic (exact) mass is 475 g/mol. The van der Waals surface area contributed by atoms with Gasteiger partial charge in [0.1, 0.15) is 0 Å². The summed E-state index contributed by atoms with van der Waals surface area (Å²) < 4.78 is 26.9. The number of nitrogens with one attached hydrogen (secondary N) is 2. The first-order valence-electron chi connectivity index (χ1n) is 10.8. The Morgan fingerprint density at radius 1 is 0.853 bits per heavy atom. The van der Waals surface area contributed by atoms with Gasteiger partial charge in [0.25, 0.3) is 5.91 Å². The van der Waals surface area contributed by atoms with Gasteiger partial charge in [-0.3, -0.25) is 14.3 Å². The van der Waals surface area contributed by atoms with Crippen LogP contribution in [-0.2, 0) is 19.6 Å². The van der Waals surface area contributed by atoms with Crippen molar-refractivity contribution in [1.82, 2.24) is 0 Å². The van der Waals surface area contributed by atoms with Crippen LogP contribution in [0.5, 0.6) is 0 Å². The van der Waals surface area contributed by atoms with Gasteiger partial charge in [0.05, 0.1) is 22.2 Å². The Balaban J connectivity index is 1.79. The van der Waals surface area contributed by atoms with Gasteiger partial charge in [-0.15, -0.1) is 0 Å². The molecule has 0 aromatic heterocycles. The molecule has 0 spiro atoms. The number of hydrogen-bond acceptors (Lipinski definition) is 5. The summed E-state index contributed by atoms with van der Waals surface area (Å²) in [6.45, 7) is 4.58. The summed E-state index contributed by atoms with van der Waals surface area (Å²) in [7, 11) is -3.46. The van der Waals surface area contributed by atoms with Gasteiger partial charge in [0, 0.05) is 23.9 Å². The van der Waals surface area contributed by atoms with Crippen molar-refractivity contribution in [3.8, 4) is 0 Å². The number of amides is 2. The average molecular weight is 476 g/mol. The molecule has 4 rings (SSSR count). The minimum Gasteiger partial charge on any atom is -0.354 e. The number of anilines is 3. The first-order valence-corrected chi connectivity index (χ1v) is 12.4. The smallest absolute Gasteiger partial charge is 0.267 e. The molecule has 0 bridgehead atoms. The first-order chi connectivity index (χ1) is 16.2. The normalized spacial score (nSPS) is 14.7. The summed E-state index contributed by atoms with van der Waals surface area (Å²) in [5.41, 5.74) is 4.03. The van der Waals surface area contributed by atoms with Crippen LogP contribution in [0.1, 0.15) is 31.9 Å². The van der Waals surface area contributed by atoms with Crippen LogP contribution in [0.25, 0.3) is 11.3 Å². The van der Waals surface area contributed by atoms with E-state index >= 15 is 0 Å². The molecule has 2 N–H and O–H groups in total. The molecular formula is C26H25N3O4S. The van der Waals surface area contributed by atoms with Crippen molar-refractivity contribution >= 4 is 50.2 Å². The topological polar surface area (TPSA) is 95.6 Å². The van der Waals surface area contributed by atoms with Gasteiger partial charge in [0.15, 0.2) is 0 Å². The Morgan fingerprint density at radius 3 is 2.06 bits per heavy atom. The number of hydrogen-bond donors (Lipinski definition) is 2. The van der Waals surface area contributed by atoms with Crippen LogP contribution in [0.2, 0.25) is 0 Å². The van der Waals surface area contributed by atoms with Crippen molar-refractivity contribution in [3.63, 3.8) is 0 Å². The van der Waals surface area contributed by atoms with E-state index in [4.69, 9.17) is 0 Å². The maximum Gasteiger partial charge on any atom is 0.267 e. The van der Waals surface area contributed by atoms with Crippen molar-refractivity contribution in [3.05, 3.63) is 90.0 Å². The van der Waals surface area contributed by atoms with E-state index in [1.54, 1.807) is 50.2 Å². The zero-order chi connectivity index (χ0) is 24.5. The molecule has 2 amide bonds. The van der Waals surface area contributed by atoms with E-state index < -0.39 is 21.2 Å². The lowest BCUT2D eigenvalue weighted by Crippen LogP contribution is -2.31. The van der Waals surface area contributed by atoms with Crippen LogP contribution in [0.4, 0.5) is 17.1 Å². The van der Waals surface area contributed by atoms with Crippen LogP contribution in [0, 0.1) is 0 Å².